The number of carbonyl (C=O) groups is 1. The third-order valence-corrected chi connectivity index (χ3v) is 4.27. The first-order chi connectivity index (χ1) is 11.3. The third-order valence-electron chi connectivity index (χ3n) is 4.27. The standard InChI is InChI=1S/C16H23N5O2/c1-2-4-14-18-15(23-20-14)6-7-16(22)21-10-3-5-12(11-21)13-8-9-17-19-13/h8-9,12H,2-7,10-11H2,1H3,(H,17,19). The Balaban J connectivity index is 1.51. The fourth-order valence-corrected chi connectivity index (χ4v) is 3.04. The summed E-state index contributed by atoms with van der Waals surface area (Å²) >= 11 is 0. The molecule has 2 aromatic heterocycles. The number of aromatic nitrogens is 4. The molecule has 1 aliphatic heterocycles. The topological polar surface area (TPSA) is 87.9 Å². The summed E-state index contributed by atoms with van der Waals surface area (Å²) in [7, 11) is 0. The lowest BCUT2D eigenvalue weighted by Gasteiger charge is -2.32. The Kier molecular flexibility index (Phi) is 5.05. The predicted octanol–water partition coefficient (Wildman–Crippen LogP) is 2.08. The van der Waals surface area contributed by atoms with Gasteiger partial charge in [0, 0.05) is 50.2 Å². The van der Waals surface area contributed by atoms with E-state index in [2.05, 4.69) is 27.3 Å². The molecule has 0 aromatic carbocycles. The number of rotatable bonds is 6. The summed E-state index contributed by atoms with van der Waals surface area (Å²) in [6, 6.07) is 1.99. The van der Waals surface area contributed by atoms with Gasteiger partial charge in [-0.1, -0.05) is 12.1 Å². The average Bonchev–Trinajstić information content (AvgIpc) is 3.25. The van der Waals surface area contributed by atoms with E-state index < -0.39 is 0 Å². The smallest absolute Gasteiger partial charge is 0.227 e. The molecule has 0 saturated carbocycles. The molecule has 3 heterocycles. The first-order valence-corrected chi connectivity index (χ1v) is 8.34. The van der Waals surface area contributed by atoms with Crippen molar-refractivity contribution in [3.8, 4) is 0 Å². The maximum atomic E-state index is 12.4. The Labute approximate surface area is 135 Å². The largest absolute Gasteiger partial charge is 0.342 e. The quantitative estimate of drug-likeness (QED) is 0.881. The fourth-order valence-electron chi connectivity index (χ4n) is 3.04. The molecule has 0 spiro atoms. The van der Waals surface area contributed by atoms with Crippen molar-refractivity contribution < 1.29 is 9.32 Å². The molecule has 2 aromatic rings. The van der Waals surface area contributed by atoms with Gasteiger partial charge in [0.25, 0.3) is 0 Å². The lowest BCUT2D eigenvalue weighted by Crippen LogP contribution is -2.39. The van der Waals surface area contributed by atoms with Gasteiger partial charge in [-0.15, -0.1) is 0 Å². The molecule has 0 radical (unpaired) electrons. The summed E-state index contributed by atoms with van der Waals surface area (Å²) in [5.41, 5.74) is 1.11. The van der Waals surface area contributed by atoms with Crippen molar-refractivity contribution >= 4 is 5.91 Å². The molecule has 1 N–H and O–H groups in total. The molecule has 1 saturated heterocycles. The Morgan fingerprint density at radius 1 is 1.48 bits per heavy atom. The van der Waals surface area contributed by atoms with Crippen LogP contribution in [0.2, 0.25) is 0 Å². The van der Waals surface area contributed by atoms with Crippen molar-refractivity contribution in [1.82, 2.24) is 25.2 Å². The summed E-state index contributed by atoms with van der Waals surface area (Å²) in [5.74, 6) is 1.80. The first kappa shape index (κ1) is 15.7. The highest BCUT2D eigenvalue weighted by Crippen LogP contribution is 2.25. The Morgan fingerprint density at radius 3 is 3.17 bits per heavy atom. The molecule has 7 heteroatoms. The third kappa shape index (κ3) is 3.97. The number of likely N-dealkylation sites (tertiary alicyclic amines) is 1. The van der Waals surface area contributed by atoms with Gasteiger partial charge in [0.1, 0.15) is 0 Å². The Hall–Kier alpha value is -2.18. The Morgan fingerprint density at radius 2 is 2.39 bits per heavy atom. The van der Waals surface area contributed by atoms with Crippen molar-refractivity contribution in [2.24, 2.45) is 0 Å². The maximum absolute atomic E-state index is 12.4. The van der Waals surface area contributed by atoms with Gasteiger partial charge in [0.2, 0.25) is 11.8 Å². The molecule has 1 aliphatic rings. The molecule has 1 fully saturated rings. The molecule has 1 unspecified atom stereocenters. The van der Waals surface area contributed by atoms with Crippen LogP contribution in [-0.2, 0) is 17.6 Å². The van der Waals surface area contributed by atoms with Crippen LogP contribution in [0.5, 0.6) is 0 Å². The second-order valence-electron chi connectivity index (χ2n) is 6.05. The highest BCUT2D eigenvalue weighted by Gasteiger charge is 2.25. The van der Waals surface area contributed by atoms with Crippen LogP contribution in [0.1, 0.15) is 55.9 Å². The van der Waals surface area contributed by atoms with Gasteiger partial charge in [-0.05, 0) is 25.3 Å². The van der Waals surface area contributed by atoms with Gasteiger partial charge in [0.05, 0.1) is 0 Å². The lowest BCUT2D eigenvalue weighted by atomic mass is 9.94. The van der Waals surface area contributed by atoms with E-state index in [0.29, 0.717) is 24.7 Å². The van der Waals surface area contributed by atoms with Gasteiger partial charge in [-0.25, -0.2) is 0 Å². The summed E-state index contributed by atoms with van der Waals surface area (Å²) in [5, 5.41) is 10.9. The molecule has 23 heavy (non-hydrogen) atoms. The molecule has 3 rings (SSSR count). The second-order valence-corrected chi connectivity index (χ2v) is 6.05. The van der Waals surface area contributed by atoms with Crippen LogP contribution in [0.25, 0.3) is 0 Å². The van der Waals surface area contributed by atoms with Gasteiger partial charge >= 0.3 is 0 Å². The molecule has 0 bridgehead atoms. The van der Waals surface area contributed by atoms with Crippen LogP contribution >= 0.6 is 0 Å². The van der Waals surface area contributed by atoms with Crippen molar-refractivity contribution in [1.29, 1.82) is 0 Å². The number of hydrogen-bond acceptors (Lipinski definition) is 5. The highest BCUT2D eigenvalue weighted by molar-refractivity contribution is 5.76. The van der Waals surface area contributed by atoms with Crippen molar-refractivity contribution in [2.75, 3.05) is 13.1 Å². The molecule has 1 atom stereocenters. The summed E-state index contributed by atoms with van der Waals surface area (Å²) in [6.07, 6.45) is 6.62. The van der Waals surface area contributed by atoms with Crippen LogP contribution in [0.15, 0.2) is 16.8 Å². The predicted molar refractivity (Wildman–Crippen MR) is 83.8 cm³/mol. The Bertz CT molecular complexity index is 622. The number of nitrogens with zero attached hydrogens (tertiary/aromatic N) is 4. The van der Waals surface area contributed by atoms with E-state index in [1.54, 1.807) is 6.20 Å². The van der Waals surface area contributed by atoms with Crippen molar-refractivity contribution in [3.05, 3.63) is 29.7 Å². The minimum absolute atomic E-state index is 0.157. The monoisotopic (exact) mass is 317 g/mol. The summed E-state index contributed by atoms with van der Waals surface area (Å²) in [6.45, 7) is 3.66. The molecule has 7 nitrogen and oxygen atoms in total. The van der Waals surface area contributed by atoms with E-state index in [4.69, 9.17) is 4.52 Å². The number of aromatic amines is 1. The van der Waals surface area contributed by atoms with Gasteiger partial charge in [0.15, 0.2) is 5.82 Å². The first-order valence-electron chi connectivity index (χ1n) is 8.34. The number of piperidine rings is 1. The van der Waals surface area contributed by atoms with Gasteiger partial charge < -0.3 is 9.42 Å². The van der Waals surface area contributed by atoms with Gasteiger partial charge in [-0.3, -0.25) is 9.89 Å². The summed E-state index contributed by atoms with van der Waals surface area (Å²) in [4.78, 5) is 18.7. The normalized spacial score (nSPS) is 18.3. The SMILES string of the molecule is CCCc1noc(CCC(=O)N2CCCC(c3ccn[nH]3)C2)n1. The van der Waals surface area contributed by atoms with Crippen LogP contribution in [0.3, 0.4) is 0 Å². The number of amides is 1. The molecule has 1 amide bonds. The number of hydrogen-bond donors (Lipinski definition) is 1. The zero-order chi connectivity index (χ0) is 16.1. The number of carbonyl (C=O) groups excluding carboxylic acids is 1. The van der Waals surface area contributed by atoms with Crippen LogP contribution in [0, 0.1) is 0 Å². The van der Waals surface area contributed by atoms with Crippen LogP contribution in [0.4, 0.5) is 0 Å². The fraction of sp³-hybridized carbons (Fsp3) is 0.625. The van der Waals surface area contributed by atoms with E-state index in [-0.39, 0.29) is 5.91 Å². The lowest BCUT2D eigenvalue weighted by molar-refractivity contribution is -0.132. The molecule has 0 aliphatic carbocycles. The number of nitrogens with one attached hydrogen (secondary N) is 1. The zero-order valence-electron chi connectivity index (χ0n) is 13.5. The van der Waals surface area contributed by atoms with E-state index >= 15 is 0 Å². The molecular formula is C16H23N5O2. The van der Waals surface area contributed by atoms with E-state index in [1.165, 1.54) is 0 Å². The second kappa shape index (κ2) is 7.39. The highest BCUT2D eigenvalue weighted by atomic mass is 16.5. The molecular weight excluding hydrogens is 294 g/mol. The summed E-state index contributed by atoms with van der Waals surface area (Å²) < 4.78 is 5.19. The van der Waals surface area contributed by atoms with Crippen LogP contribution in [-0.4, -0.2) is 44.2 Å². The average molecular weight is 317 g/mol. The van der Waals surface area contributed by atoms with Crippen molar-refractivity contribution in [2.45, 2.75) is 51.4 Å². The van der Waals surface area contributed by atoms with Gasteiger partial charge in [-0.2, -0.15) is 10.1 Å². The zero-order valence-corrected chi connectivity index (χ0v) is 13.5. The minimum Gasteiger partial charge on any atom is -0.342 e. The van der Waals surface area contributed by atoms with E-state index in [0.717, 1.165) is 50.3 Å². The van der Waals surface area contributed by atoms with Crippen LogP contribution < -0.4 is 0 Å². The number of aryl methyl sites for hydroxylation is 2. The van der Waals surface area contributed by atoms with Crippen molar-refractivity contribution in [3.63, 3.8) is 0 Å². The molecule has 124 valence electrons. The maximum Gasteiger partial charge on any atom is 0.227 e. The minimum atomic E-state index is 0.157. The van der Waals surface area contributed by atoms with E-state index in [1.807, 2.05) is 11.0 Å². The van der Waals surface area contributed by atoms with E-state index in [9.17, 15) is 4.79 Å². The number of H-pyrrole nitrogens is 1.